The summed E-state index contributed by atoms with van der Waals surface area (Å²) in [6.45, 7) is 0. The summed E-state index contributed by atoms with van der Waals surface area (Å²) >= 11 is 0. The van der Waals surface area contributed by atoms with Gasteiger partial charge < -0.3 is 0 Å². The molecule has 1 rings (SSSR count). The molecule has 1 aromatic heterocycles. The zero-order valence-electron chi connectivity index (χ0n) is 7.63. The first-order valence-corrected chi connectivity index (χ1v) is 3.84. The zero-order chi connectivity index (χ0) is 13.4. The van der Waals surface area contributed by atoms with E-state index in [1.165, 1.54) is 0 Å². The van der Waals surface area contributed by atoms with Crippen LogP contribution in [0.3, 0.4) is 0 Å². The number of pyridine rings is 1. The van der Waals surface area contributed by atoms with Gasteiger partial charge in [-0.1, -0.05) is 0 Å². The van der Waals surface area contributed by atoms with Crippen molar-refractivity contribution in [1.82, 2.24) is 4.98 Å². The van der Waals surface area contributed by atoms with Gasteiger partial charge in [0, 0.05) is 6.07 Å². The molecular formula is C7H2F6N2O2. The molecule has 0 bridgehead atoms. The average Bonchev–Trinajstić information content (AvgIpc) is 2.13. The first-order valence-electron chi connectivity index (χ1n) is 3.84. The summed E-state index contributed by atoms with van der Waals surface area (Å²) in [7, 11) is 0. The number of alkyl halides is 5. The zero-order valence-corrected chi connectivity index (χ0v) is 7.63. The Kier molecular flexibility index (Phi) is 3.25. The number of nitro groups is 1. The molecule has 0 fully saturated rings. The molecule has 1 aromatic rings. The number of aromatic nitrogens is 1. The van der Waals surface area contributed by atoms with Gasteiger partial charge in [0.2, 0.25) is 5.82 Å². The predicted molar refractivity (Wildman–Crippen MR) is 40.8 cm³/mol. The Balaban J connectivity index is 3.52. The first kappa shape index (κ1) is 13.2. The summed E-state index contributed by atoms with van der Waals surface area (Å²) in [4.78, 5) is 11.0. The molecule has 0 aliphatic carbocycles. The van der Waals surface area contributed by atoms with Crippen LogP contribution in [0.1, 0.15) is 17.8 Å². The molecule has 17 heavy (non-hydrogen) atoms. The third-order valence-corrected chi connectivity index (χ3v) is 1.65. The SMILES string of the molecule is O=[N+]([O-])c1c(F)cc(C(F)(F)F)nc1C(F)F. The fraction of sp³-hybridized carbons (Fsp3) is 0.286. The molecule has 4 nitrogen and oxygen atoms in total. The smallest absolute Gasteiger partial charge is 0.258 e. The van der Waals surface area contributed by atoms with Crippen molar-refractivity contribution in [2.45, 2.75) is 12.6 Å². The fourth-order valence-electron chi connectivity index (χ4n) is 1.00. The van der Waals surface area contributed by atoms with Crippen LogP contribution < -0.4 is 0 Å². The van der Waals surface area contributed by atoms with Crippen molar-refractivity contribution < 1.29 is 31.3 Å². The molecule has 0 unspecified atom stereocenters. The summed E-state index contributed by atoms with van der Waals surface area (Å²) in [5.74, 6) is -2.01. The fourth-order valence-corrected chi connectivity index (χ4v) is 1.00. The molecule has 0 spiro atoms. The van der Waals surface area contributed by atoms with E-state index in [2.05, 4.69) is 4.98 Å². The van der Waals surface area contributed by atoms with Gasteiger partial charge in [-0.3, -0.25) is 10.1 Å². The summed E-state index contributed by atoms with van der Waals surface area (Å²) in [6.07, 6.45) is -8.85. The maximum atomic E-state index is 12.9. The molecule has 0 saturated carbocycles. The van der Waals surface area contributed by atoms with E-state index >= 15 is 0 Å². The van der Waals surface area contributed by atoms with Crippen LogP contribution in [0.15, 0.2) is 6.07 Å². The molecule has 0 radical (unpaired) electrons. The molecule has 0 amide bonds. The van der Waals surface area contributed by atoms with Gasteiger partial charge in [0.1, 0.15) is 5.69 Å². The summed E-state index contributed by atoms with van der Waals surface area (Å²) < 4.78 is 73.7. The third kappa shape index (κ3) is 2.63. The van der Waals surface area contributed by atoms with Crippen molar-refractivity contribution >= 4 is 5.69 Å². The van der Waals surface area contributed by atoms with Gasteiger partial charge in [0.15, 0.2) is 5.69 Å². The van der Waals surface area contributed by atoms with Crippen LogP contribution in [0, 0.1) is 15.9 Å². The Morgan fingerprint density at radius 2 is 1.88 bits per heavy atom. The molecule has 0 aliphatic rings. The molecule has 0 aromatic carbocycles. The van der Waals surface area contributed by atoms with E-state index in [-0.39, 0.29) is 6.07 Å². The second-order valence-corrected chi connectivity index (χ2v) is 2.78. The lowest BCUT2D eigenvalue weighted by Crippen LogP contribution is -2.13. The van der Waals surface area contributed by atoms with Gasteiger partial charge in [0.05, 0.1) is 4.92 Å². The van der Waals surface area contributed by atoms with Gasteiger partial charge in [-0.25, -0.2) is 13.8 Å². The van der Waals surface area contributed by atoms with Crippen LogP contribution in [0.4, 0.5) is 32.0 Å². The van der Waals surface area contributed by atoms with E-state index in [1.54, 1.807) is 0 Å². The number of rotatable bonds is 2. The highest BCUT2D eigenvalue weighted by molar-refractivity contribution is 5.39. The number of nitrogens with zero attached hydrogens (tertiary/aromatic N) is 2. The van der Waals surface area contributed by atoms with Crippen LogP contribution in [-0.4, -0.2) is 9.91 Å². The summed E-state index contributed by atoms with van der Waals surface area (Å²) in [5, 5.41) is 10.2. The standard InChI is InChI=1S/C7H2F6N2O2/c8-2-1-3(7(11,12)13)14-4(6(9)10)5(2)15(16)17/h1,6H. The van der Waals surface area contributed by atoms with Crippen molar-refractivity contribution in [3.05, 3.63) is 33.4 Å². The predicted octanol–water partition coefficient (Wildman–Crippen LogP) is 3.09. The summed E-state index contributed by atoms with van der Waals surface area (Å²) in [6, 6.07) is -0.302. The molecule has 94 valence electrons. The molecule has 0 N–H and O–H groups in total. The minimum Gasteiger partial charge on any atom is -0.258 e. The van der Waals surface area contributed by atoms with Crippen molar-refractivity contribution in [2.24, 2.45) is 0 Å². The maximum Gasteiger partial charge on any atom is 0.433 e. The molecule has 0 saturated heterocycles. The third-order valence-electron chi connectivity index (χ3n) is 1.65. The van der Waals surface area contributed by atoms with Crippen LogP contribution in [0.5, 0.6) is 0 Å². The Morgan fingerprint density at radius 1 is 1.35 bits per heavy atom. The number of halogens is 6. The van der Waals surface area contributed by atoms with E-state index in [4.69, 9.17) is 0 Å². The van der Waals surface area contributed by atoms with E-state index in [0.717, 1.165) is 0 Å². The first-order chi connectivity index (χ1) is 7.64. The maximum absolute atomic E-state index is 12.9. The molecule has 0 atom stereocenters. The summed E-state index contributed by atoms with van der Waals surface area (Å²) in [5.41, 5.74) is -5.55. The second-order valence-electron chi connectivity index (χ2n) is 2.78. The van der Waals surface area contributed by atoms with Crippen LogP contribution in [0.2, 0.25) is 0 Å². The van der Waals surface area contributed by atoms with Crippen LogP contribution in [-0.2, 0) is 6.18 Å². The minimum absolute atomic E-state index is 0.302. The lowest BCUT2D eigenvalue weighted by molar-refractivity contribution is -0.389. The van der Waals surface area contributed by atoms with Crippen molar-refractivity contribution in [3.8, 4) is 0 Å². The Hall–Kier alpha value is -1.87. The Morgan fingerprint density at radius 3 is 2.24 bits per heavy atom. The van der Waals surface area contributed by atoms with Gasteiger partial charge in [-0.05, 0) is 0 Å². The van der Waals surface area contributed by atoms with Gasteiger partial charge in [-0.15, -0.1) is 0 Å². The largest absolute Gasteiger partial charge is 0.433 e. The highest BCUT2D eigenvalue weighted by atomic mass is 19.4. The topological polar surface area (TPSA) is 56.0 Å². The Bertz CT molecular complexity index is 458. The molecule has 1 heterocycles. The molecular weight excluding hydrogens is 258 g/mol. The van der Waals surface area contributed by atoms with Crippen LogP contribution in [0.25, 0.3) is 0 Å². The van der Waals surface area contributed by atoms with E-state index in [1.807, 2.05) is 0 Å². The second kappa shape index (κ2) is 4.18. The van der Waals surface area contributed by atoms with E-state index in [9.17, 15) is 36.5 Å². The lowest BCUT2D eigenvalue weighted by atomic mass is 10.2. The molecule has 0 aliphatic heterocycles. The van der Waals surface area contributed by atoms with E-state index in [0.29, 0.717) is 0 Å². The van der Waals surface area contributed by atoms with Gasteiger partial charge in [-0.2, -0.15) is 17.6 Å². The normalized spacial score (nSPS) is 11.9. The van der Waals surface area contributed by atoms with Crippen molar-refractivity contribution in [2.75, 3.05) is 0 Å². The van der Waals surface area contributed by atoms with Crippen LogP contribution >= 0.6 is 0 Å². The molecule has 10 heteroatoms. The number of hydrogen-bond donors (Lipinski definition) is 0. The lowest BCUT2D eigenvalue weighted by Gasteiger charge is -2.08. The number of hydrogen-bond acceptors (Lipinski definition) is 3. The minimum atomic E-state index is -5.17. The van der Waals surface area contributed by atoms with E-state index < -0.39 is 40.4 Å². The monoisotopic (exact) mass is 260 g/mol. The highest BCUT2D eigenvalue weighted by Gasteiger charge is 2.38. The van der Waals surface area contributed by atoms with Gasteiger partial charge >= 0.3 is 11.9 Å². The highest BCUT2D eigenvalue weighted by Crippen LogP contribution is 2.35. The van der Waals surface area contributed by atoms with Crippen molar-refractivity contribution in [3.63, 3.8) is 0 Å². The average molecular weight is 260 g/mol. The Labute approximate surface area is 89.0 Å². The quantitative estimate of drug-likeness (QED) is 0.466. The van der Waals surface area contributed by atoms with Crippen molar-refractivity contribution in [1.29, 1.82) is 0 Å². The van der Waals surface area contributed by atoms with Gasteiger partial charge in [0.25, 0.3) is 6.43 Å².